The zero-order valence-electron chi connectivity index (χ0n) is 11.9. The molecule has 0 saturated carbocycles. The van der Waals surface area contributed by atoms with Crippen molar-refractivity contribution in [1.82, 2.24) is 10.6 Å². The largest absolute Gasteiger partial charge is 0.338 e. The summed E-state index contributed by atoms with van der Waals surface area (Å²) >= 11 is 11.9. The average molecular weight is 327 g/mol. The first-order chi connectivity index (χ1) is 10.1. The van der Waals surface area contributed by atoms with E-state index in [4.69, 9.17) is 23.2 Å². The topological polar surface area (TPSA) is 41.1 Å². The van der Waals surface area contributed by atoms with E-state index in [0.29, 0.717) is 23.1 Å². The number of hydrogen-bond acceptors (Lipinski definition) is 1. The molecule has 2 amide bonds. The molecule has 1 aliphatic carbocycles. The number of amides is 2. The molecule has 1 aromatic carbocycles. The maximum absolute atomic E-state index is 11.7. The first kappa shape index (κ1) is 16.2. The molecule has 0 heterocycles. The Balaban J connectivity index is 1.68. The summed E-state index contributed by atoms with van der Waals surface area (Å²) in [5.74, 6) is 0. The fourth-order valence-electron chi connectivity index (χ4n) is 2.37. The van der Waals surface area contributed by atoms with Crippen LogP contribution in [-0.2, 0) is 6.54 Å². The van der Waals surface area contributed by atoms with Gasteiger partial charge < -0.3 is 10.6 Å². The van der Waals surface area contributed by atoms with Crippen molar-refractivity contribution in [1.29, 1.82) is 0 Å². The highest BCUT2D eigenvalue weighted by Gasteiger charge is 2.06. The predicted molar refractivity (Wildman–Crippen MR) is 87.9 cm³/mol. The maximum Gasteiger partial charge on any atom is 0.315 e. The molecule has 21 heavy (non-hydrogen) atoms. The van der Waals surface area contributed by atoms with E-state index in [1.54, 1.807) is 12.1 Å². The molecule has 114 valence electrons. The summed E-state index contributed by atoms with van der Waals surface area (Å²) in [4.78, 5) is 11.7. The van der Waals surface area contributed by atoms with Crippen molar-refractivity contribution >= 4 is 29.2 Å². The second-order valence-corrected chi connectivity index (χ2v) is 6.05. The second kappa shape index (κ2) is 8.30. The number of rotatable bonds is 5. The predicted octanol–water partition coefficient (Wildman–Crippen LogP) is 4.68. The molecule has 0 atom stereocenters. The van der Waals surface area contributed by atoms with Crippen LogP contribution in [-0.4, -0.2) is 12.6 Å². The second-order valence-electron chi connectivity index (χ2n) is 5.20. The van der Waals surface area contributed by atoms with Gasteiger partial charge in [0.05, 0.1) is 0 Å². The van der Waals surface area contributed by atoms with E-state index >= 15 is 0 Å². The van der Waals surface area contributed by atoms with Gasteiger partial charge in [-0.05, 0) is 49.8 Å². The molecule has 2 rings (SSSR count). The summed E-state index contributed by atoms with van der Waals surface area (Å²) in [6, 6.07) is 5.08. The molecule has 0 fully saturated rings. The quantitative estimate of drug-likeness (QED) is 0.757. The molecule has 0 bridgehead atoms. The highest BCUT2D eigenvalue weighted by Crippen LogP contribution is 2.21. The lowest BCUT2D eigenvalue weighted by atomic mass is 9.97. The maximum atomic E-state index is 11.7. The molecular weight excluding hydrogens is 307 g/mol. The van der Waals surface area contributed by atoms with Crippen molar-refractivity contribution in [3.63, 3.8) is 0 Å². The first-order valence-electron chi connectivity index (χ1n) is 7.28. The van der Waals surface area contributed by atoms with Crippen LogP contribution in [0.2, 0.25) is 10.0 Å². The SMILES string of the molecule is O=C(NCCC1=CCCCC1)NCc1ccc(Cl)cc1Cl. The smallest absolute Gasteiger partial charge is 0.315 e. The van der Waals surface area contributed by atoms with E-state index in [2.05, 4.69) is 16.7 Å². The zero-order valence-corrected chi connectivity index (χ0v) is 13.4. The molecule has 1 aliphatic rings. The van der Waals surface area contributed by atoms with Crippen LogP contribution in [0, 0.1) is 0 Å². The molecule has 0 unspecified atom stereocenters. The van der Waals surface area contributed by atoms with E-state index < -0.39 is 0 Å². The van der Waals surface area contributed by atoms with Gasteiger partial charge in [-0.25, -0.2) is 4.79 Å². The van der Waals surface area contributed by atoms with E-state index in [9.17, 15) is 4.79 Å². The highest BCUT2D eigenvalue weighted by atomic mass is 35.5. The van der Waals surface area contributed by atoms with E-state index in [-0.39, 0.29) is 6.03 Å². The Bertz CT molecular complexity index is 529. The zero-order chi connectivity index (χ0) is 15.1. The van der Waals surface area contributed by atoms with Gasteiger partial charge in [-0.1, -0.05) is 40.9 Å². The van der Waals surface area contributed by atoms with Gasteiger partial charge in [-0.15, -0.1) is 0 Å². The lowest BCUT2D eigenvalue weighted by Crippen LogP contribution is -2.35. The monoisotopic (exact) mass is 326 g/mol. The lowest BCUT2D eigenvalue weighted by molar-refractivity contribution is 0.240. The van der Waals surface area contributed by atoms with Gasteiger partial charge in [0.15, 0.2) is 0 Å². The van der Waals surface area contributed by atoms with Crippen molar-refractivity contribution in [2.75, 3.05) is 6.54 Å². The van der Waals surface area contributed by atoms with Crippen molar-refractivity contribution in [2.45, 2.75) is 38.6 Å². The third kappa shape index (κ3) is 5.60. The average Bonchev–Trinajstić information content (AvgIpc) is 2.47. The van der Waals surface area contributed by atoms with Crippen molar-refractivity contribution in [2.24, 2.45) is 0 Å². The van der Waals surface area contributed by atoms with Crippen LogP contribution in [0.3, 0.4) is 0 Å². The van der Waals surface area contributed by atoms with Crippen LogP contribution in [0.5, 0.6) is 0 Å². The minimum Gasteiger partial charge on any atom is -0.338 e. The van der Waals surface area contributed by atoms with Crippen LogP contribution in [0.1, 0.15) is 37.7 Å². The summed E-state index contributed by atoms with van der Waals surface area (Å²) < 4.78 is 0. The van der Waals surface area contributed by atoms with Crippen molar-refractivity contribution < 1.29 is 4.79 Å². The molecule has 0 aliphatic heterocycles. The number of urea groups is 1. The number of hydrogen-bond donors (Lipinski definition) is 2. The van der Waals surface area contributed by atoms with Crippen molar-refractivity contribution in [3.05, 3.63) is 45.5 Å². The number of carbonyl (C=O) groups excluding carboxylic acids is 1. The lowest BCUT2D eigenvalue weighted by Gasteiger charge is -2.13. The summed E-state index contributed by atoms with van der Waals surface area (Å²) in [5, 5.41) is 6.83. The number of allylic oxidation sites excluding steroid dienone is 1. The standard InChI is InChI=1S/C16H20Cl2N2O/c17-14-7-6-13(15(18)10-14)11-20-16(21)19-9-8-12-4-2-1-3-5-12/h4,6-7,10H,1-3,5,8-9,11H2,(H2,19,20,21). The summed E-state index contributed by atoms with van der Waals surface area (Å²) in [6.45, 7) is 1.07. The van der Waals surface area contributed by atoms with E-state index in [0.717, 1.165) is 12.0 Å². The van der Waals surface area contributed by atoms with Gasteiger partial charge in [-0.2, -0.15) is 0 Å². The normalized spacial score (nSPS) is 14.5. The molecule has 3 nitrogen and oxygen atoms in total. The molecule has 0 aromatic heterocycles. The summed E-state index contributed by atoms with van der Waals surface area (Å²) in [5.41, 5.74) is 2.31. The molecule has 0 radical (unpaired) electrons. The fourth-order valence-corrected chi connectivity index (χ4v) is 2.85. The molecule has 5 heteroatoms. The molecule has 0 spiro atoms. The molecule has 0 saturated heterocycles. The van der Waals surface area contributed by atoms with Gasteiger partial charge >= 0.3 is 6.03 Å². The van der Waals surface area contributed by atoms with Gasteiger partial charge in [0.1, 0.15) is 0 Å². The number of benzene rings is 1. The van der Waals surface area contributed by atoms with Crippen LogP contribution < -0.4 is 10.6 Å². The minimum atomic E-state index is -0.169. The fraction of sp³-hybridized carbons (Fsp3) is 0.438. The third-order valence-corrected chi connectivity index (χ3v) is 4.16. The third-order valence-electron chi connectivity index (χ3n) is 3.57. The molecular formula is C16H20Cl2N2O. The first-order valence-corrected chi connectivity index (χ1v) is 8.04. The number of nitrogens with one attached hydrogen (secondary N) is 2. The van der Waals surface area contributed by atoms with E-state index in [1.807, 2.05) is 6.07 Å². The highest BCUT2D eigenvalue weighted by molar-refractivity contribution is 6.35. The Morgan fingerprint density at radius 1 is 1.19 bits per heavy atom. The van der Waals surface area contributed by atoms with Crippen LogP contribution in [0.15, 0.2) is 29.8 Å². The summed E-state index contributed by atoms with van der Waals surface area (Å²) in [6.07, 6.45) is 8.15. The minimum absolute atomic E-state index is 0.169. The number of carbonyl (C=O) groups is 1. The Morgan fingerprint density at radius 2 is 2.05 bits per heavy atom. The van der Waals surface area contributed by atoms with Gasteiger partial charge in [0.2, 0.25) is 0 Å². The molecule has 1 aromatic rings. The Hall–Kier alpha value is -1.19. The van der Waals surface area contributed by atoms with Gasteiger partial charge in [0, 0.05) is 23.1 Å². The van der Waals surface area contributed by atoms with Crippen LogP contribution >= 0.6 is 23.2 Å². The van der Waals surface area contributed by atoms with E-state index in [1.165, 1.54) is 31.3 Å². The summed E-state index contributed by atoms with van der Waals surface area (Å²) in [7, 11) is 0. The Labute approximate surface area is 135 Å². The van der Waals surface area contributed by atoms with Crippen molar-refractivity contribution in [3.8, 4) is 0 Å². The van der Waals surface area contributed by atoms with Crippen LogP contribution in [0.4, 0.5) is 4.79 Å². The Kier molecular flexibility index (Phi) is 6.40. The van der Waals surface area contributed by atoms with Crippen LogP contribution in [0.25, 0.3) is 0 Å². The van der Waals surface area contributed by atoms with Gasteiger partial charge in [-0.3, -0.25) is 0 Å². The molecule has 2 N–H and O–H groups in total. The number of halogens is 2. The van der Waals surface area contributed by atoms with Gasteiger partial charge in [0.25, 0.3) is 0 Å². The Morgan fingerprint density at radius 3 is 2.76 bits per heavy atom.